The smallest absolute Gasteiger partial charge is 0.282 e. The maximum atomic E-state index is 11.2. The summed E-state index contributed by atoms with van der Waals surface area (Å²) in [6.45, 7) is 0. The summed E-state index contributed by atoms with van der Waals surface area (Å²) >= 11 is 0. The molecule has 3 rings (SSSR count). The quantitative estimate of drug-likeness (QED) is 0.682. The Balaban J connectivity index is 2.45. The van der Waals surface area contributed by atoms with Crippen LogP contribution in [0.1, 0.15) is 0 Å². The van der Waals surface area contributed by atoms with Gasteiger partial charge in [0.05, 0.1) is 4.90 Å². The monoisotopic (exact) mass is 258 g/mol. The highest BCUT2D eigenvalue weighted by atomic mass is 32.2. The summed E-state index contributed by atoms with van der Waals surface area (Å²) in [7, 11) is -4.17. The van der Waals surface area contributed by atoms with Crippen LogP contribution < -0.4 is 0 Å². The van der Waals surface area contributed by atoms with E-state index in [4.69, 9.17) is 4.55 Å². The Labute approximate surface area is 105 Å². The average molecular weight is 258 g/mol. The fourth-order valence-electron chi connectivity index (χ4n) is 2.15. The SMILES string of the molecule is O=S(=O)(O)c1ccc2cccc3cccc-3c2c1. The largest absolute Gasteiger partial charge is 0.294 e. The molecule has 0 atom stereocenters. The van der Waals surface area contributed by atoms with Gasteiger partial charge in [-0.2, -0.15) is 8.42 Å². The summed E-state index contributed by atoms with van der Waals surface area (Å²) < 4.78 is 31.5. The van der Waals surface area contributed by atoms with E-state index in [1.165, 1.54) is 12.1 Å². The molecule has 90 valence electrons. The Morgan fingerprint density at radius 3 is 2.33 bits per heavy atom. The third-order valence-corrected chi connectivity index (χ3v) is 3.86. The predicted octanol–water partition coefficient (Wildman–Crippen LogP) is 3.19. The molecule has 1 aromatic rings. The van der Waals surface area contributed by atoms with Crippen molar-refractivity contribution in [1.29, 1.82) is 0 Å². The molecular formula is C14H10O3S. The first-order chi connectivity index (χ1) is 8.55. The molecule has 4 heteroatoms. The molecule has 1 aromatic carbocycles. The molecule has 0 radical (unpaired) electrons. The highest BCUT2D eigenvalue weighted by molar-refractivity contribution is 7.85. The third kappa shape index (κ3) is 1.75. The van der Waals surface area contributed by atoms with Crippen LogP contribution in [-0.4, -0.2) is 13.0 Å². The van der Waals surface area contributed by atoms with Crippen LogP contribution in [0, 0.1) is 0 Å². The summed E-state index contributed by atoms with van der Waals surface area (Å²) in [4.78, 5) is -0.0799. The lowest BCUT2D eigenvalue weighted by Gasteiger charge is -2.02. The minimum atomic E-state index is -4.17. The van der Waals surface area contributed by atoms with Crippen LogP contribution in [0.25, 0.3) is 21.9 Å². The number of rotatable bonds is 1. The normalized spacial score (nSPS) is 12.1. The highest BCUT2D eigenvalue weighted by Crippen LogP contribution is 2.31. The minimum Gasteiger partial charge on any atom is -0.282 e. The van der Waals surface area contributed by atoms with E-state index in [-0.39, 0.29) is 4.90 Å². The zero-order valence-corrected chi connectivity index (χ0v) is 10.2. The van der Waals surface area contributed by atoms with Crippen molar-refractivity contribution >= 4 is 20.9 Å². The Morgan fingerprint density at radius 2 is 1.61 bits per heavy atom. The topological polar surface area (TPSA) is 54.4 Å². The molecule has 18 heavy (non-hydrogen) atoms. The van der Waals surface area contributed by atoms with Crippen LogP contribution in [0.5, 0.6) is 0 Å². The fraction of sp³-hybridized carbons (Fsp3) is 0. The van der Waals surface area contributed by atoms with E-state index < -0.39 is 10.1 Å². The molecule has 1 N–H and O–H groups in total. The molecule has 2 aliphatic rings. The van der Waals surface area contributed by atoms with E-state index in [0.29, 0.717) is 0 Å². The van der Waals surface area contributed by atoms with Gasteiger partial charge in [0.15, 0.2) is 0 Å². The van der Waals surface area contributed by atoms with Crippen LogP contribution in [0.4, 0.5) is 0 Å². The second-order valence-electron chi connectivity index (χ2n) is 4.14. The first-order valence-electron chi connectivity index (χ1n) is 5.45. The van der Waals surface area contributed by atoms with Crippen molar-refractivity contribution in [2.24, 2.45) is 0 Å². The summed E-state index contributed by atoms with van der Waals surface area (Å²) in [5, 5.41) is 1.75. The van der Waals surface area contributed by atoms with Gasteiger partial charge in [-0.1, -0.05) is 42.5 Å². The molecule has 0 fully saturated rings. The van der Waals surface area contributed by atoms with Gasteiger partial charge in [0, 0.05) is 0 Å². The molecule has 0 spiro atoms. The third-order valence-electron chi connectivity index (χ3n) is 3.01. The van der Waals surface area contributed by atoms with Gasteiger partial charge < -0.3 is 0 Å². The highest BCUT2D eigenvalue weighted by Gasteiger charge is 2.12. The van der Waals surface area contributed by atoms with Crippen molar-refractivity contribution in [3.05, 3.63) is 54.6 Å². The molecule has 2 aliphatic carbocycles. The number of hydrogen-bond donors (Lipinski definition) is 1. The molecular weight excluding hydrogens is 248 g/mol. The maximum absolute atomic E-state index is 11.2. The van der Waals surface area contributed by atoms with Crippen LogP contribution in [0.15, 0.2) is 59.5 Å². The Kier molecular flexibility index (Phi) is 2.36. The van der Waals surface area contributed by atoms with Crippen molar-refractivity contribution in [3.63, 3.8) is 0 Å². The Morgan fingerprint density at radius 1 is 0.889 bits per heavy atom. The zero-order valence-electron chi connectivity index (χ0n) is 9.37. The summed E-state index contributed by atoms with van der Waals surface area (Å²) in [6, 6.07) is 16.3. The van der Waals surface area contributed by atoms with Gasteiger partial charge in [-0.15, -0.1) is 0 Å². The van der Waals surface area contributed by atoms with Gasteiger partial charge in [0.1, 0.15) is 0 Å². The van der Waals surface area contributed by atoms with Gasteiger partial charge in [-0.25, -0.2) is 0 Å². The van der Waals surface area contributed by atoms with Crippen molar-refractivity contribution < 1.29 is 13.0 Å². The van der Waals surface area contributed by atoms with Gasteiger partial charge in [0.2, 0.25) is 0 Å². The molecule has 0 aromatic heterocycles. The molecule has 0 aliphatic heterocycles. The van der Waals surface area contributed by atoms with E-state index in [1.807, 2.05) is 36.4 Å². The zero-order chi connectivity index (χ0) is 12.8. The van der Waals surface area contributed by atoms with Crippen molar-refractivity contribution in [3.8, 4) is 11.1 Å². The molecule has 0 unspecified atom stereocenters. The minimum absolute atomic E-state index is 0.0799. The molecule has 0 amide bonds. The second-order valence-corrected chi connectivity index (χ2v) is 5.57. The summed E-state index contributed by atoms with van der Waals surface area (Å²) in [5.41, 5.74) is 2.01. The first kappa shape index (κ1) is 11.2. The Bertz CT molecular complexity index is 806. The second kappa shape index (κ2) is 3.80. The number of fused-ring (bicyclic) bond motifs is 3. The lowest BCUT2D eigenvalue weighted by atomic mass is 10.1. The fourth-order valence-corrected chi connectivity index (χ4v) is 2.66. The van der Waals surface area contributed by atoms with Gasteiger partial charge >= 0.3 is 0 Å². The standard InChI is InChI=1S/C14H10O3S/c15-18(16,17)12-8-7-11-4-1-3-10-5-2-6-13(10)14(11)9-12/h1-9H,(H,15,16,17). The van der Waals surface area contributed by atoms with Crippen LogP contribution in [-0.2, 0) is 10.1 Å². The Hall–Kier alpha value is -1.91. The van der Waals surface area contributed by atoms with Crippen LogP contribution in [0.2, 0.25) is 0 Å². The van der Waals surface area contributed by atoms with Gasteiger partial charge in [-0.3, -0.25) is 4.55 Å². The first-order valence-corrected chi connectivity index (χ1v) is 6.89. The van der Waals surface area contributed by atoms with Crippen LogP contribution >= 0.6 is 0 Å². The molecule has 0 saturated carbocycles. The van der Waals surface area contributed by atoms with E-state index >= 15 is 0 Å². The molecule has 0 saturated heterocycles. The molecule has 0 heterocycles. The van der Waals surface area contributed by atoms with E-state index in [9.17, 15) is 8.42 Å². The maximum Gasteiger partial charge on any atom is 0.294 e. The average Bonchev–Trinajstić information content (AvgIpc) is 2.70. The lowest BCUT2D eigenvalue weighted by molar-refractivity contribution is 0.483. The van der Waals surface area contributed by atoms with Crippen molar-refractivity contribution in [2.75, 3.05) is 0 Å². The molecule has 3 nitrogen and oxygen atoms in total. The van der Waals surface area contributed by atoms with E-state index in [0.717, 1.165) is 21.9 Å². The van der Waals surface area contributed by atoms with Crippen molar-refractivity contribution in [1.82, 2.24) is 0 Å². The van der Waals surface area contributed by atoms with E-state index in [1.54, 1.807) is 6.07 Å². The summed E-state index contributed by atoms with van der Waals surface area (Å²) in [6.07, 6.45) is 0. The van der Waals surface area contributed by atoms with Crippen LogP contribution in [0.3, 0.4) is 0 Å². The van der Waals surface area contributed by atoms with Gasteiger partial charge in [-0.05, 0) is 34.0 Å². The predicted molar refractivity (Wildman–Crippen MR) is 70.4 cm³/mol. The lowest BCUT2D eigenvalue weighted by Crippen LogP contribution is -1.97. The van der Waals surface area contributed by atoms with Gasteiger partial charge in [0.25, 0.3) is 10.1 Å². The van der Waals surface area contributed by atoms with Crippen molar-refractivity contribution in [2.45, 2.75) is 4.90 Å². The van der Waals surface area contributed by atoms with E-state index in [2.05, 4.69) is 0 Å². The summed E-state index contributed by atoms with van der Waals surface area (Å²) in [5.74, 6) is 0. The number of hydrogen-bond acceptors (Lipinski definition) is 2. The number of benzene rings is 1. The molecule has 0 bridgehead atoms.